The maximum absolute atomic E-state index is 10.9. The molecule has 1 aromatic rings. The molecule has 1 atom stereocenters. The Kier molecular flexibility index (Phi) is 2.47. The quantitative estimate of drug-likeness (QED) is 0.521. The summed E-state index contributed by atoms with van der Waals surface area (Å²) >= 11 is 0. The number of hydrogen-bond donors (Lipinski definition) is 4. The number of aliphatic carboxylic acids is 1. The second-order valence-electron chi connectivity index (χ2n) is 3.99. The zero-order valence-corrected chi connectivity index (χ0v) is 8.82. The number of hydrogen-bond acceptors (Lipinski definition) is 4. The Morgan fingerprint density at radius 2 is 2.12 bits per heavy atom. The topological polar surface area (TPSA) is 89.8 Å². The summed E-state index contributed by atoms with van der Waals surface area (Å²) in [5.41, 5.74) is 2.20. The highest BCUT2D eigenvalue weighted by atomic mass is 16.4. The molecular weight excluding hydrogens is 210 g/mol. The van der Waals surface area contributed by atoms with E-state index in [9.17, 15) is 15.0 Å². The number of phenols is 2. The number of carbonyl (C=O) groups is 1. The predicted molar refractivity (Wildman–Crippen MR) is 56.5 cm³/mol. The first-order valence-electron chi connectivity index (χ1n) is 5.00. The number of carboxylic acid groups (broad SMARTS) is 1. The van der Waals surface area contributed by atoms with Crippen LogP contribution in [0.15, 0.2) is 6.07 Å². The Balaban J connectivity index is 2.46. The maximum Gasteiger partial charge on any atom is 0.321 e. The molecule has 0 amide bonds. The lowest BCUT2D eigenvalue weighted by molar-refractivity contribution is -0.139. The fraction of sp³-hybridized carbons (Fsp3) is 0.364. The molecule has 1 aliphatic rings. The monoisotopic (exact) mass is 223 g/mol. The van der Waals surface area contributed by atoms with E-state index >= 15 is 0 Å². The number of carboxylic acids is 1. The maximum atomic E-state index is 10.9. The van der Waals surface area contributed by atoms with E-state index < -0.39 is 12.0 Å². The average Bonchev–Trinajstić information content (AvgIpc) is 2.25. The highest BCUT2D eigenvalue weighted by Gasteiger charge is 2.27. The molecule has 1 unspecified atom stereocenters. The summed E-state index contributed by atoms with van der Waals surface area (Å²) in [4.78, 5) is 10.9. The number of nitrogens with one attached hydrogen (secondary N) is 1. The highest BCUT2D eigenvalue weighted by molar-refractivity contribution is 5.75. The van der Waals surface area contributed by atoms with Crippen molar-refractivity contribution in [2.45, 2.75) is 25.9 Å². The van der Waals surface area contributed by atoms with Gasteiger partial charge in [0.1, 0.15) is 6.04 Å². The van der Waals surface area contributed by atoms with Gasteiger partial charge in [-0.05, 0) is 30.5 Å². The Hall–Kier alpha value is -1.75. The Morgan fingerprint density at radius 1 is 1.44 bits per heavy atom. The third-order valence-corrected chi connectivity index (χ3v) is 2.95. The first kappa shape index (κ1) is 10.8. The van der Waals surface area contributed by atoms with E-state index in [0.29, 0.717) is 12.0 Å². The molecule has 0 aliphatic carbocycles. The van der Waals surface area contributed by atoms with Gasteiger partial charge in [-0.1, -0.05) is 0 Å². The predicted octanol–water partition coefficient (Wildman–Crippen LogP) is 0.505. The van der Waals surface area contributed by atoms with Crippen LogP contribution in [0.25, 0.3) is 0 Å². The lowest BCUT2D eigenvalue weighted by Crippen LogP contribution is -2.41. The SMILES string of the molecule is Cc1cc(O)c(O)c2c1CC(C(=O)O)NC2. The molecule has 0 fully saturated rings. The molecule has 1 aliphatic heterocycles. The standard InChI is InChI=1S/C11H13NO4/c1-5-2-9(13)10(14)7-4-12-8(11(15)16)3-6(5)7/h2,8,12-14H,3-4H2,1H3,(H,15,16). The summed E-state index contributed by atoms with van der Waals surface area (Å²) in [6.45, 7) is 2.05. The van der Waals surface area contributed by atoms with Crippen LogP contribution < -0.4 is 5.32 Å². The van der Waals surface area contributed by atoms with Gasteiger partial charge < -0.3 is 15.3 Å². The van der Waals surface area contributed by atoms with Crippen LogP contribution in [0.2, 0.25) is 0 Å². The number of phenolic OH excluding ortho intramolecular Hbond substituents is 2. The van der Waals surface area contributed by atoms with Crippen molar-refractivity contribution >= 4 is 5.97 Å². The van der Waals surface area contributed by atoms with E-state index in [1.807, 2.05) is 0 Å². The van der Waals surface area contributed by atoms with Gasteiger partial charge in [0, 0.05) is 12.1 Å². The first-order valence-corrected chi connectivity index (χ1v) is 5.00. The van der Waals surface area contributed by atoms with Crippen molar-refractivity contribution in [2.24, 2.45) is 0 Å². The minimum Gasteiger partial charge on any atom is -0.504 e. The van der Waals surface area contributed by atoms with Crippen molar-refractivity contribution in [2.75, 3.05) is 0 Å². The molecule has 0 saturated carbocycles. The second kappa shape index (κ2) is 3.68. The van der Waals surface area contributed by atoms with Crippen LogP contribution in [0.5, 0.6) is 11.5 Å². The molecule has 5 nitrogen and oxygen atoms in total. The Labute approximate surface area is 92.3 Å². The minimum atomic E-state index is -0.905. The summed E-state index contributed by atoms with van der Waals surface area (Å²) in [5, 5.41) is 30.8. The van der Waals surface area contributed by atoms with Crippen molar-refractivity contribution in [3.63, 3.8) is 0 Å². The van der Waals surface area contributed by atoms with E-state index in [2.05, 4.69) is 5.32 Å². The van der Waals surface area contributed by atoms with E-state index in [1.54, 1.807) is 6.92 Å². The number of rotatable bonds is 1. The van der Waals surface area contributed by atoms with Gasteiger partial charge in [-0.3, -0.25) is 10.1 Å². The van der Waals surface area contributed by atoms with Gasteiger partial charge in [0.15, 0.2) is 11.5 Å². The molecule has 16 heavy (non-hydrogen) atoms. The van der Waals surface area contributed by atoms with E-state index in [-0.39, 0.29) is 18.0 Å². The lowest BCUT2D eigenvalue weighted by Gasteiger charge is -2.25. The highest BCUT2D eigenvalue weighted by Crippen LogP contribution is 2.36. The molecule has 0 saturated heterocycles. The lowest BCUT2D eigenvalue weighted by atomic mass is 9.91. The number of fused-ring (bicyclic) bond motifs is 1. The van der Waals surface area contributed by atoms with Crippen LogP contribution >= 0.6 is 0 Å². The summed E-state index contributed by atoms with van der Waals surface area (Å²) in [7, 11) is 0. The van der Waals surface area contributed by atoms with Crippen molar-refractivity contribution in [3.8, 4) is 11.5 Å². The van der Waals surface area contributed by atoms with Gasteiger partial charge in [0.2, 0.25) is 0 Å². The van der Waals surface area contributed by atoms with Gasteiger partial charge in [0.05, 0.1) is 0 Å². The zero-order valence-electron chi connectivity index (χ0n) is 8.82. The summed E-state index contributed by atoms with van der Waals surface area (Å²) < 4.78 is 0. The Morgan fingerprint density at radius 3 is 2.75 bits per heavy atom. The van der Waals surface area contributed by atoms with Gasteiger partial charge in [-0.2, -0.15) is 0 Å². The van der Waals surface area contributed by atoms with Gasteiger partial charge in [0.25, 0.3) is 0 Å². The van der Waals surface area contributed by atoms with Crippen LogP contribution in [0.3, 0.4) is 0 Å². The van der Waals surface area contributed by atoms with Crippen LogP contribution in [-0.2, 0) is 17.8 Å². The molecule has 0 spiro atoms. The van der Waals surface area contributed by atoms with Crippen molar-refractivity contribution in [1.82, 2.24) is 5.32 Å². The molecule has 0 radical (unpaired) electrons. The van der Waals surface area contributed by atoms with Gasteiger partial charge >= 0.3 is 5.97 Å². The second-order valence-corrected chi connectivity index (χ2v) is 3.99. The fourth-order valence-electron chi connectivity index (χ4n) is 2.05. The molecular formula is C11H13NO4. The van der Waals surface area contributed by atoms with Gasteiger partial charge in [-0.25, -0.2) is 0 Å². The summed E-state index contributed by atoms with van der Waals surface area (Å²) in [6.07, 6.45) is 0.324. The molecule has 0 aromatic heterocycles. The van der Waals surface area contributed by atoms with E-state index in [0.717, 1.165) is 11.1 Å². The van der Waals surface area contributed by atoms with Crippen molar-refractivity contribution in [1.29, 1.82) is 0 Å². The average molecular weight is 223 g/mol. The van der Waals surface area contributed by atoms with Crippen molar-refractivity contribution < 1.29 is 20.1 Å². The number of aryl methyl sites for hydroxylation is 1. The van der Waals surface area contributed by atoms with Crippen LogP contribution in [0.1, 0.15) is 16.7 Å². The smallest absolute Gasteiger partial charge is 0.321 e. The molecule has 86 valence electrons. The van der Waals surface area contributed by atoms with Crippen LogP contribution in [-0.4, -0.2) is 27.3 Å². The van der Waals surface area contributed by atoms with E-state index in [4.69, 9.17) is 5.11 Å². The first-order chi connectivity index (χ1) is 7.50. The molecule has 1 heterocycles. The minimum absolute atomic E-state index is 0.156. The zero-order chi connectivity index (χ0) is 11.9. The van der Waals surface area contributed by atoms with Crippen molar-refractivity contribution in [3.05, 3.63) is 22.8 Å². The normalized spacial score (nSPS) is 19.2. The third kappa shape index (κ3) is 1.59. The molecule has 2 rings (SSSR count). The molecule has 5 heteroatoms. The summed E-state index contributed by atoms with van der Waals surface area (Å²) in [6, 6.07) is 0.827. The van der Waals surface area contributed by atoms with Crippen LogP contribution in [0.4, 0.5) is 0 Å². The molecule has 0 bridgehead atoms. The molecule has 1 aromatic carbocycles. The molecule has 4 N–H and O–H groups in total. The van der Waals surface area contributed by atoms with Crippen LogP contribution in [0, 0.1) is 6.92 Å². The third-order valence-electron chi connectivity index (χ3n) is 2.95. The number of aromatic hydroxyl groups is 2. The summed E-state index contributed by atoms with van der Waals surface area (Å²) in [5.74, 6) is -1.22. The Bertz CT molecular complexity index is 456. The fourth-order valence-corrected chi connectivity index (χ4v) is 2.05. The van der Waals surface area contributed by atoms with Gasteiger partial charge in [-0.15, -0.1) is 0 Å². The number of benzene rings is 1. The largest absolute Gasteiger partial charge is 0.504 e. The van der Waals surface area contributed by atoms with E-state index in [1.165, 1.54) is 6.07 Å².